The summed E-state index contributed by atoms with van der Waals surface area (Å²) in [5, 5.41) is 16.5. The highest BCUT2D eigenvalue weighted by Gasteiger charge is 2.36. The summed E-state index contributed by atoms with van der Waals surface area (Å²) >= 11 is 0. The Bertz CT molecular complexity index is 3300. The molecule has 19 heteroatoms. The Hall–Kier alpha value is -7.39. The van der Waals surface area contributed by atoms with Crippen LogP contribution in [0.5, 0.6) is 34.5 Å². The Morgan fingerprint density at radius 1 is 0.448 bits per heavy atom. The summed E-state index contributed by atoms with van der Waals surface area (Å²) in [5.74, 6) is 1.47. The molecular weight excluding hydrogens is 1330 g/mol. The van der Waals surface area contributed by atoms with Gasteiger partial charge in [0.25, 0.3) is 0 Å². The number of benzene rings is 3. The van der Waals surface area contributed by atoms with Crippen LogP contribution in [0.25, 0.3) is 0 Å². The second-order valence-corrected chi connectivity index (χ2v) is 29.0. The van der Waals surface area contributed by atoms with Crippen LogP contribution in [0.2, 0.25) is 0 Å². The minimum absolute atomic E-state index is 0.0877. The lowest BCUT2D eigenvalue weighted by Gasteiger charge is -2.32. The SMILES string of the molecule is C=C(C)C1CCC(C)=CC1c1c(OC(=O)CN(C)C)cc(CCCCC)cc1OC(=O)CN(C)C.C=C(C)C1CCC(C)=CC1c1c(OC(=O)NCC)cc(CCCCC)cc1OC(=O)NCC.C=C(C)[C@@H]1CCC(C)=C[C@H]1c1c(O)cc(CCCCC)cc1OC(=O)COCCOCCOCCOC. The van der Waals surface area contributed by atoms with Crippen LogP contribution >= 0.6 is 0 Å². The largest absolute Gasteiger partial charge is 0.507 e. The Kier molecular flexibility index (Phi) is 41.8. The number of carbonyl (C=O) groups excluding carboxylic acids is 5. The fourth-order valence-electron chi connectivity index (χ4n) is 13.6. The molecule has 0 spiro atoms. The highest BCUT2D eigenvalue weighted by Crippen LogP contribution is 2.51. The first-order valence-corrected chi connectivity index (χ1v) is 38.4. The monoisotopic (exact) mass is 1460 g/mol. The van der Waals surface area contributed by atoms with Gasteiger partial charge < -0.3 is 58.4 Å². The first kappa shape index (κ1) is 90.0. The first-order chi connectivity index (χ1) is 50.2. The van der Waals surface area contributed by atoms with Crippen molar-refractivity contribution < 1.29 is 71.7 Å². The number of phenolic OH excluding ortho intramolecular Hbond substituents is 1. The number of esters is 3. The minimum atomic E-state index is -0.517. The number of ether oxygens (including phenoxy) is 9. The van der Waals surface area contributed by atoms with Gasteiger partial charge in [-0.1, -0.05) is 131 Å². The molecule has 0 saturated heterocycles. The van der Waals surface area contributed by atoms with E-state index in [1.165, 1.54) is 16.7 Å². The van der Waals surface area contributed by atoms with Crippen LogP contribution in [-0.2, 0) is 52.6 Å². The summed E-state index contributed by atoms with van der Waals surface area (Å²) < 4.78 is 50.6. The molecule has 3 aliphatic rings. The zero-order chi connectivity index (χ0) is 77.5. The molecule has 0 heterocycles. The minimum Gasteiger partial charge on any atom is -0.507 e. The second-order valence-electron chi connectivity index (χ2n) is 29.0. The van der Waals surface area contributed by atoms with Gasteiger partial charge in [-0.25, -0.2) is 14.4 Å². The van der Waals surface area contributed by atoms with Crippen LogP contribution < -0.4 is 34.3 Å². The molecule has 3 aromatic carbocycles. The fourth-order valence-corrected chi connectivity index (χ4v) is 13.6. The van der Waals surface area contributed by atoms with E-state index in [9.17, 15) is 29.1 Å². The van der Waals surface area contributed by atoms with Gasteiger partial charge in [-0.3, -0.25) is 19.4 Å². The third kappa shape index (κ3) is 31.9. The Labute approximate surface area is 629 Å². The van der Waals surface area contributed by atoms with Crippen LogP contribution in [0.1, 0.15) is 224 Å². The van der Waals surface area contributed by atoms with E-state index in [0.717, 1.165) is 160 Å². The highest BCUT2D eigenvalue weighted by molar-refractivity contribution is 5.79. The van der Waals surface area contributed by atoms with Crippen molar-refractivity contribution in [1.29, 1.82) is 0 Å². The maximum Gasteiger partial charge on any atom is 0.412 e. The molecule has 3 aromatic rings. The van der Waals surface area contributed by atoms with Gasteiger partial charge in [0.05, 0.1) is 52.7 Å². The van der Waals surface area contributed by atoms with Crippen molar-refractivity contribution in [3.63, 3.8) is 0 Å². The van der Waals surface area contributed by atoms with Gasteiger partial charge in [-0.2, -0.15) is 0 Å². The number of rotatable bonds is 40. The maximum atomic E-state index is 12.8. The second kappa shape index (κ2) is 48.7. The molecule has 19 nitrogen and oxygen atoms in total. The van der Waals surface area contributed by atoms with Crippen molar-refractivity contribution in [3.05, 3.63) is 141 Å². The number of aromatic hydroxyl groups is 1. The number of phenols is 1. The smallest absolute Gasteiger partial charge is 0.412 e. The predicted octanol–water partition coefficient (Wildman–Crippen LogP) is 17.8. The normalized spacial score (nSPS) is 17.7. The number of nitrogens with zero attached hydrogens (tertiary/aromatic N) is 2. The predicted molar refractivity (Wildman–Crippen MR) is 421 cm³/mol. The van der Waals surface area contributed by atoms with Crippen molar-refractivity contribution in [2.75, 3.05) is 108 Å². The van der Waals surface area contributed by atoms with Crippen molar-refractivity contribution in [2.24, 2.45) is 17.8 Å². The first-order valence-electron chi connectivity index (χ1n) is 38.4. The fraction of sp³-hybridized carbons (Fsp3) is 0.593. The number of allylic oxidation sites excluding steroid dienone is 9. The van der Waals surface area contributed by atoms with E-state index >= 15 is 0 Å². The molecule has 0 aromatic heterocycles. The molecule has 6 rings (SSSR count). The van der Waals surface area contributed by atoms with Gasteiger partial charge in [0, 0.05) is 54.6 Å². The van der Waals surface area contributed by atoms with Gasteiger partial charge >= 0.3 is 30.1 Å². The van der Waals surface area contributed by atoms with Crippen LogP contribution in [0.3, 0.4) is 0 Å². The number of hydrogen-bond donors (Lipinski definition) is 3. The van der Waals surface area contributed by atoms with Crippen LogP contribution in [0.15, 0.2) is 108 Å². The van der Waals surface area contributed by atoms with Crippen LogP contribution in [0, 0.1) is 17.8 Å². The number of methoxy groups -OCH3 is 1. The number of amides is 2. The summed E-state index contributed by atoms with van der Waals surface area (Å²) in [6.45, 7) is 38.9. The number of likely N-dealkylation sites (N-methyl/N-ethyl adjacent to an activating group) is 2. The molecule has 2 amide bonds. The van der Waals surface area contributed by atoms with Crippen LogP contribution in [0.4, 0.5) is 9.59 Å². The number of aryl methyl sites for hydroxylation is 3. The molecule has 3 N–H and O–H groups in total. The quantitative estimate of drug-likeness (QED) is 0.0209. The third-order valence-electron chi connectivity index (χ3n) is 18.9. The van der Waals surface area contributed by atoms with Crippen molar-refractivity contribution in [2.45, 2.75) is 209 Å². The molecule has 105 heavy (non-hydrogen) atoms. The summed E-state index contributed by atoms with van der Waals surface area (Å²) in [4.78, 5) is 66.7. The van der Waals surface area contributed by atoms with E-state index in [2.05, 4.69) is 90.1 Å². The highest BCUT2D eigenvalue weighted by atomic mass is 16.6. The van der Waals surface area contributed by atoms with E-state index < -0.39 is 18.2 Å². The summed E-state index contributed by atoms with van der Waals surface area (Å²) in [6, 6.07) is 11.5. The van der Waals surface area contributed by atoms with E-state index in [1.807, 2.05) is 99.2 Å². The summed E-state index contributed by atoms with van der Waals surface area (Å²) in [5.41, 5.74) is 12.1. The zero-order valence-electron chi connectivity index (χ0n) is 66.8. The zero-order valence-corrected chi connectivity index (χ0v) is 66.8. The molecule has 4 unspecified atom stereocenters. The van der Waals surface area contributed by atoms with Gasteiger partial charge in [0.2, 0.25) is 0 Å². The van der Waals surface area contributed by atoms with Gasteiger partial charge in [-0.15, -0.1) is 0 Å². The lowest BCUT2D eigenvalue weighted by molar-refractivity contribution is -0.140. The Balaban J connectivity index is 0.000000334. The number of unbranched alkanes of at least 4 members (excludes halogenated alkanes) is 6. The molecular formula is C86H130N4O15. The van der Waals surface area contributed by atoms with E-state index in [1.54, 1.807) is 16.9 Å². The van der Waals surface area contributed by atoms with E-state index in [-0.39, 0.29) is 79.5 Å². The van der Waals surface area contributed by atoms with E-state index in [0.29, 0.717) is 80.4 Å². The Morgan fingerprint density at radius 3 is 1.10 bits per heavy atom. The molecule has 0 bridgehead atoms. The van der Waals surface area contributed by atoms with Crippen LogP contribution in [-0.4, -0.2) is 153 Å². The molecule has 0 saturated carbocycles. The van der Waals surface area contributed by atoms with Gasteiger partial charge in [0.15, 0.2) is 0 Å². The average Bonchev–Trinajstić information content (AvgIpc) is 0.792. The van der Waals surface area contributed by atoms with Gasteiger partial charge in [0.1, 0.15) is 41.1 Å². The molecule has 0 aliphatic heterocycles. The summed E-state index contributed by atoms with van der Waals surface area (Å²) in [7, 11) is 8.97. The Morgan fingerprint density at radius 2 is 0.762 bits per heavy atom. The molecule has 6 atom stereocenters. The van der Waals surface area contributed by atoms with Crippen molar-refractivity contribution in [1.82, 2.24) is 20.4 Å². The molecule has 0 fully saturated rings. The summed E-state index contributed by atoms with van der Waals surface area (Å²) in [6.07, 6.45) is 23.5. The molecule has 3 aliphatic carbocycles. The van der Waals surface area contributed by atoms with Crippen molar-refractivity contribution >= 4 is 30.1 Å². The lowest BCUT2D eigenvalue weighted by atomic mass is 9.73. The van der Waals surface area contributed by atoms with E-state index in [4.69, 9.17) is 42.6 Å². The van der Waals surface area contributed by atoms with Gasteiger partial charge in [-0.05, 0) is 231 Å². The maximum absolute atomic E-state index is 12.8. The number of nitrogens with one attached hydrogen (secondary N) is 2. The molecule has 0 radical (unpaired) electrons. The lowest BCUT2D eigenvalue weighted by Crippen LogP contribution is -2.29. The number of hydrogen-bond acceptors (Lipinski definition) is 17. The average molecular weight is 1460 g/mol. The topological polar surface area (TPSA) is 219 Å². The molecule has 584 valence electrons. The third-order valence-corrected chi connectivity index (χ3v) is 18.9. The standard InChI is InChI=1S/C30H46O7.C29H44N2O4.C27H40N2O4/c1-6-7-8-9-24-19-27(31)30(26-18-23(4)10-11-25(26)22(2)3)28(20-24)37-29(32)21-36-17-16-35-15-14-34-13-12-33-5;1-9-10-11-12-22-16-25(34-27(32)18-30(5)6)29(26(17-22)35-28(33)19-31(7)8)24-15-21(4)13-14-23(24)20(2)3;1-7-10-11-12-20-16-23(32-26(30)28-8-2)25(24(17-20)33-27(31)29-9-3)22-15-19(6)13-14-21(22)18(4)5/h18-20,25-26,31H,2,6-17,21H2,1,3-5H3;15-17,23-24H,2,9-14,18-19H2,1,3-8H3;15-17,21-22H,4,7-14H2,1-3,5-6H3,(H,28,30)(H,29,31)/t25-,26+;;/m0../s1. The van der Waals surface area contributed by atoms with Crippen molar-refractivity contribution in [3.8, 4) is 34.5 Å². The number of carbonyl (C=O) groups is 5.